The first kappa shape index (κ1) is 89.5. The van der Waals surface area contributed by atoms with E-state index in [1.165, 1.54) is 56.1 Å². The molecular weight excluding hydrogens is 1680 g/mol. The van der Waals surface area contributed by atoms with Crippen LogP contribution in [-0.2, 0) is 76.2 Å². The molecule has 0 bridgehead atoms. The Morgan fingerprint density at radius 3 is 1.11 bits per heavy atom. The zero-order valence-corrected chi connectivity index (χ0v) is 75.3. The number of carbonyl (C=O) groups excluding carboxylic acids is 5. The van der Waals surface area contributed by atoms with Crippen LogP contribution < -0.4 is 52.2 Å². The predicted molar refractivity (Wildman–Crippen MR) is 513 cm³/mol. The minimum Gasteiger partial charge on any atom is -0.392 e. The first-order valence-electron chi connectivity index (χ1n) is 45.6. The Balaban J connectivity index is 0.000000134. The number of amides is 5. The molecule has 12 aromatic rings. The third-order valence-corrected chi connectivity index (χ3v) is 26.3. The molecule has 3 saturated heterocycles. The highest BCUT2D eigenvalue weighted by Crippen LogP contribution is 2.45. The standard InChI is InChI=1S/C35H35N5O4.C35H37N5O4.C34H36N6O5/c1-38-20-30(37-32(35(38)44)36-26-12-9-23(10-13-26)33(42)39-16-2-3-17-39)28-5-4-6-31(29(28)21-41)40-18-15-25-19-24(22-7-8-22)11-14-27(25)34(40)43;1-38-21-31(37-33(35(38)43)36-27-10-5-23(6-11-27)20-39-15-17-44-18-16-39)29-3-2-4-32(30(29)22-41)40-14-13-26-19-25(24-7-8-24)9-12-28(26)34(40)42;1-37(2)25-11-12-26-23(19-25)13-14-40(33(26)43)30-6-4-5-27(28(30)21-41)29-20-38(3)34(44)31(36-29)35-24-9-7-22(8-10-24)32(42)39-15-17-45-18-16-39/h4-6,9-14,19-20,22,41H,2-3,7-8,15-18,21H2,1H3,(H,36,37);2-6,9-12,19,21,24,41H,7-8,13-18,20,22H2,1H3,(H,36,37);4-12,19-20,41H,13-18,21H2,1-3H3,(H,35,36). The van der Waals surface area contributed by atoms with Crippen molar-refractivity contribution in [3.63, 3.8) is 0 Å². The van der Waals surface area contributed by atoms with Crippen molar-refractivity contribution in [2.75, 3.05) is 135 Å². The third kappa shape index (κ3) is 19.3. The van der Waals surface area contributed by atoms with Gasteiger partial charge in [-0.05, 0) is 212 Å². The second kappa shape index (κ2) is 39.2. The van der Waals surface area contributed by atoms with Crippen molar-refractivity contribution in [3.8, 4) is 33.8 Å². The van der Waals surface area contributed by atoms with Crippen LogP contribution in [0.1, 0.15) is 152 Å². The minimum absolute atomic E-state index is 0.0141. The number of carbonyl (C=O) groups is 5. The summed E-state index contributed by atoms with van der Waals surface area (Å²) in [6, 6.07) is 56.9. The lowest BCUT2D eigenvalue weighted by Gasteiger charge is -2.31. The smallest absolute Gasteiger partial charge is 0.293 e. The van der Waals surface area contributed by atoms with E-state index < -0.39 is 0 Å². The van der Waals surface area contributed by atoms with E-state index in [9.17, 15) is 53.7 Å². The summed E-state index contributed by atoms with van der Waals surface area (Å²) in [5, 5.41) is 41.1. The molecule has 0 spiro atoms. The molecule has 0 atom stereocenters. The van der Waals surface area contributed by atoms with Gasteiger partial charge in [0.25, 0.3) is 46.2 Å². The van der Waals surface area contributed by atoms with Crippen LogP contribution in [0, 0.1) is 0 Å². The molecule has 2 saturated carbocycles. The first-order valence-corrected chi connectivity index (χ1v) is 45.6. The summed E-state index contributed by atoms with van der Waals surface area (Å²) in [4.78, 5) is 133. The largest absolute Gasteiger partial charge is 0.392 e. The van der Waals surface area contributed by atoms with Gasteiger partial charge in [-0.2, -0.15) is 0 Å². The molecule has 0 radical (unpaired) electrons. The number of fused-ring (bicyclic) bond motifs is 3. The van der Waals surface area contributed by atoms with Gasteiger partial charge >= 0.3 is 0 Å². The second-order valence-electron chi connectivity index (χ2n) is 35.3. The number of hydrogen-bond acceptors (Lipinski definition) is 21. The van der Waals surface area contributed by atoms with E-state index in [4.69, 9.17) is 14.5 Å². The summed E-state index contributed by atoms with van der Waals surface area (Å²) in [5.41, 5.74) is 19.4. The van der Waals surface area contributed by atoms with Gasteiger partial charge in [-0.3, -0.25) is 43.3 Å². The molecule has 5 amide bonds. The fraction of sp³-hybridized carbons (Fsp3) is 0.317. The summed E-state index contributed by atoms with van der Waals surface area (Å²) in [6.07, 6.45) is 14.0. The molecule has 6 N–H and O–H groups in total. The number of ether oxygens (including phenoxy) is 2. The number of nitrogens with zero attached hydrogens (tertiary/aromatic N) is 13. The molecular formula is C104H108N16O13. The molecule has 682 valence electrons. The second-order valence-corrected chi connectivity index (χ2v) is 35.3. The van der Waals surface area contributed by atoms with Crippen molar-refractivity contribution in [1.82, 2.24) is 43.4 Å². The average Bonchev–Trinajstić information content (AvgIpc) is 1.52. The van der Waals surface area contributed by atoms with Crippen molar-refractivity contribution < 1.29 is 48.8 Å². The summed E-state index contributed by atoms with van der Waals surface area (Å²) in [5.74, 6) is 1.35. The molecule has 2 aliphatic carbocycles. The van der Waals surface area contributed by atoms with Crippen molar-refractivity contribution in [3.05, 3.63) is 310 Å². The number of aromatic nitrogens is 6. The maximum Gasteiger partial charge on any atom is 0.293 e. The van der Waals surface area contributed by atoms with E-state index in [-0.39, 0.29) is 83.5 Å². The number of nitrogens with one attached hydrogen (secondary N) is 3. The average molecular weight is 1790 g/mol. The number of aliphatic hydroxyl groups excluding tert-OH is 3. The van der Waals surface area contributed by atoms with Crippen molar-refractivity contribution in [1.29, 1.82) is 0 Å². The predicted octanol–water partition coefficient (Wildman–Crippen LogP) is 13.0. The highest BCUT2D eigenvalue weighted by atomic mass is 16.5. The topological polar surface area (TPSA) is 328 Å². The van der Waals surface area contributed by atoms with Crippen LogP contribution in [0.2, 0.25) is 0 Å². The monoisotopic (exact) mass is 1790 g/mol. The van der Waals surface area contributed by atoms with Gasteiger partial charge in [0.1, 0.15) is 0 Å². The highest BCUT2D eigenvalue weighted by Gasteiger charge is 2.36. The fourth-order valence-electron chi connectivity index (χ4n) is 18.5. The van der Waals surface area contributed by atoms with Crippen LogP contribution in [0.5, 0.6) is 0 Å². The summed E-state index contributed by atoms with van der Waals surface area (Å²) >= 11 is 0. The minimum atomic E-state index is -0.339. The number of benzene rings is 9. The Hall–Kier alpha value is -14.1. The van der Waals surface area contributed by atoms with E-state index in [2.05, 4.69) is 67.2 Å². The summed E-state index contributed by atoms with van der Waals surface area (Å²) in [6.45, 7) is 8.55. The number of hydrogen-bond donors (Lipinski definition) is 6. The summed E-state index contributed by atoms with van der Waals surface area (Å²) < 4.78 is 15.2. The van der Waals surface area contributed by atoms with Gasteiger partial charge in [-0.25, -0.2) is 15.0 Å². The van der Waals surface area contributed by atoms with E-state index in [0.29, 0.717) is 165 Å². The zero-order valence-electron chi connectivity index (χ0n) is 75.3. The van der Waals surface area contributed by atoms with Gasteiger partial charge in [0.15, 0.2) is 17.5 Å². The van der Waals surface area contributed by atoms with Gasteiger partial charge in [0, 0.05) is 203 Å². The van der Waals surface area contributed by atoms with Crippen LogP contribution in [0.15, 0.2) is 215 Å². The van der Waals surface area contributed by atoms with Crippen LogP contribution in [0.25, 0.3) is 33.8 Å². The molecule has 5 fully saturated rings. The van der Waals surface area contributed by atoms with Crippen LogP contribution in [0.4, 0.5) is 57.3 Å². The molecule has 3 aromatic heterocycles. The molecule has 9 heterocycles. The van der Waals surface area contributed by atoms with E-state index in [1.54, 1.807) is 108 Å². The lowest BCUT2D eigenvalue weighted by atomic mass is 9.93. The molecule has 8 aliphatic rings. The Bertz CT molecular complexity index is 6650. The molecule has 133 heavy (non-hydrogen) atoms. The van der Waals surface area contributed by atoms with Gasteiger partial charge in [-0.1, -0.05) is 72.8 Å². The Morgan fingerprint density at radius 1 is 0.398 bits per heavy atom. The SMILES string of the molecule is CN(C)c1ccc2c(c1)CCN(c1cccc(-c3cn(C)c(=O)c(Nc4ccc(C(=O)N5CCOCC5)cc4)n3)c1CO)C2=O.Cn1cc(-c2cccc(N3CCc4cc(C5CC5)ccc4C3=O)c2CO)nc(Nc2ccc(C(=O)N3CCCC3)cc2)c1=O.Cn1cc(-c2cccc(N3CCc4cc(C5CC5)ccc4C3=O)c2CO)nc(Nc2ccc(CN3CCOCC3)cc2)c1=O. The number of likely N-dealkylation sites (tertiary alicyclic amines) is 1. The Kier molecular flexibility index (Phi) is 26.4. The maximum absolute atomic E-state index is 13.7. The molecule has 6 aliphatic heterocycles. The summed E-state index contributed by atoms with van der Waals surface area (Å²) in [7, 11) is 8.92. The van der Waals surface area contributed by atoms with Crippen molar-refractivity contribution >= 4 is 86.8 Å². The molecule has 0 unspecified atom stereocenters. The molecule has 29 nitrogen and oxygen atoms in total. The van der Waals surface area contributed by atoms with Gasteiger partial charge in [0.2, 0.25) is 0 Å². The first-order chi connectivity index (χ1) is 64.6. The van der Waals surface area contributed by atoms with Gasteiger partial charge < -0.3 is 83.8 Å². The van der Waals surface area contributed by atoms with E-state index in [0.717, 1.165) is 105 Å². The number of aliphatic hydroxyl groups is 3. The van der Waals surface area contributed by atoms with E-state index >= 15 is 0 Å². The molecule has 29 heteroatoms. The number of rotatable bonds is 22. The van der Waals surface area contributed by atoms with Crippen molar-refractivity contribution in [2.24, 2.45) is 21.1 Å². The van der Waals surface area contributed by atoms with Crippen molar-refractivity contribution in [2.45, 2.75) is 96.0 Å². The number of morpholine rings is 2. The quantitative estimate of drug-likeness (QED) is 0.0367. The van der Waals surface area contributed by atoms with Crippen LogP contribution in [-0.4, -0.2) is 188 Å². The fourth-order valence-corrected chi connectivity index (χ4v) is 18.5. The highest BCUT2D eigenvalue weighted by molar-refractivity contribution is 6.11. The van der Waals surface area contributed by atoms with Gasteiger partial charge in [-0.15, -0.1) is 0 Å². The lowest BCUT2D eigenvalue weighted by molar-refractivity contribution is 0.0303. The van der Waals surface area contributed by atoms with E-state index in [1.807, 2.05) is 121 Å². The number of aryl methyl sites for hydroxylation is 3. The van der Waals surface area contributed by atoms with Crippen LogP contribution in [0.3, 0.4) is 0 Å². The van der Waals surface area contributed by atoms with Crippen LogP contribution >= 0.6 is 0 Å². The molecule has 9 aromatic carbocycles. The number of anilines is 10. The third-order valence-electron chi connectivity index (χ3n) is 26.3. The maximum atomic E-state index is 13.7. The van der Waals surface area contributed by atoms with Gasteiger partial charge in [0.05, 0.1) is 80.4 Å². The Labute approximate surface area is 770 Å². The normalized spacial score (nSPS) is 16.0. The lowest BCUT2D eigenvalue weighted by Crippen LogP contribution is -2.40. The molecule has 20 rings (SSSR count). The zero-order chi connectivity index (χ0) is 92.2. The Morgan fingerprint density at radius 2 is 0.744 bits per heavy atom.